The van der Waals surface area contributed by atoms with Gasteiger partial charge in [-0.1, -0.05) is 0 Å². The summed E-state index contributed by atoms with van der Waals surface area (Å²) in [6.07, 6.45) is 2.01. The van der Waals surface area contributed by atoms with E-state index in [-0.39, 0.29) is 0 Å². The van der Waals surface area contributed by atoms with E-state index in [9.17, 15) is 0 Å². The quantitative estimate of drug-likeness (QED) is 0.627. The molecule has 0 unspecified atom stereocenters. The number of hydrogen-bond acceptors (Lipinski definition) is 6. The third kappa shape index (κ3) is 7.25. The second-order valence-corrected chi connectivity index (χ2v) is 4.34. The van der Waals surface area contributed by atoms with E-state index in [1.807, 2.05) is 19.9 Å². The van der Waals surface area contributed by atoms with Crippen LogP contribution in [0.15, 0.2) is 6.07 Å². The molecule has 1 heterocycles. The Bertz CT molecular complexity index is 375. The van der Waals surface area contributed by atoms with E-state index in [0.29, 0.717) is 31.6 Å². The predicted molar refractivity (Wildman–Crippen MR) is 78.4 cm³/mol. The van der Waals surface area contributed by atoms with Gasteiger partial charge in [-0.2, -0.15) is 4.98 Å². The maximum atomic E-state index is 5.39. The van der Waals surface area contributed by atoms with Gasteiger partial charge in [-0.25, -0.2) is 4.98 Å². The van der Waals surface area contributed by atoms with Crippen LogP contribution in [-0.2, 0) is 9.47 Å². The van der Waals surface area contributed by atoms with Crippen LogP contribution in [0.2, 0.25) is 0 Å². The number of aromatic nitrogens is 2. The number of ether oxygens (including phenoxy) is 3. The smallest absolute Gasteiger partial charge is 0.226 e. The van der Waals surface area contributed by atoms with Crippen LogP contribution in [0, 0.1) is 6.92 Å². The number of hydrogen-bond donors (Lipinski definition) is 1. The second-order valence-electron chi connectivity index (χ2n) is 4.34. The van der Waals surface area contributed by atoms with E-state index >= 15 is 0 Å². The van der Waals surface area contributed by atoms with Crippen LogP contribution in [0.3, 0.4) is 0 Å². The monoisotopic (exact) mass is 283 g/mol. The summed E-state index contributed by atoms with van der Waals surface area (Å²) in [6, 6.07) is 1.83. The van der Waals surface area contributed by atoms with Crippen molar-refractivity contribution in [2.75, 3.05) is 45.4 Å². The zero-order chi connectivity index (χ0) is 14.6. The van der Waals surface area contributed by atoms with Crippen molar-refractivity contribution in [1.29, 1.82) is 0 Å². The fourth-order valence-electron chi connectivity index (χ4n) is 1.61. The van der Waals surface area contributed by atoms with Gasteiger partial charge in [0.05, 0.1) is 19.8 Å². The molecule has 114 valence electrons. The summed E-state index contributed by atoms with van der Waals surface area (Å²) < 4.78 is 15.7. The van der Waals surface area contributed by atoms with Gasteiger partial charge >= 0.3 is 0 Å². The summed E-state index contributed by atoms with van der Waals surface area (Å²) in [4.78, 5) is 8.61. The molecule has 1 rings (SSSR count). The molecule has 6 nitrogen and oxygen atoms in total. The molecular formula is C14H25N3O3. The first-order chi connectivity index (χ1) is 9.76. The van der Waals surface area contributed by atoms with E-state index in [4.69, 9.17) is 14.2 Å². The van der Waals surface area contributed by atoms with Crippen molar-refractivity contribution < 1.29 is 14.2 Å². The third-order valence-electron chi connectivity index (χ3n) is 2.55. The summed E-state index contributed by atoms with van der Waals surface area (Å²) in [5.41, 5.74) is 0.897. The number of nitrogens with one attached hydrogen (secondary N) is 1. The highest BCUT2D eigenvalue weighted by Gasteiger charge is 2.02. The fraction of sp³-hybridized carbons (Fsp3) is 0.714. The molecule has 1 N–H and O–H groups in total. The molecule has 20 heavy (non-hydrogen) atoms. The molecule has 0 bridgehead atoms. The van der Waals surface area contributed by atoms with Gasteiger partial charge in [0, 0.05) is 32.0 Å². The molecule has 0 aliphatic heterocycles. The molecule has 0 saturated heterocycles. The van der Waals surface area contributed by atoms with Crippen molar-refractivity contribution >= 4 is 5.95 Å². The maximum absolute atomic E-state index is 5.39. The maximum Gasteiger partial charge on any atom is 0.226 e. The minimum atomic E-state index is 0.606. The lowest BCUT2D eigenvalue weighted by molar-refractivity contribution is 0.0691. The number of aryl methyl sites for hydroxylation is 1. The van der Waals surface area contributed by atoms with Gasteiger partial charge in [-0.05, 0) is 26.7 Å². The Kier molecular flexibility index (Phi) is 8.66. The molecule has 0 spiro atoms. The summed E-state index contributed by atoms with van der Waals surface area (Å²) in [7, 11) is 1.67. The Balaban J connectivity index is 2.18. The van der Waals surface area contributed by atoms with Gasteiger partial charge in [0.2, 0.25) is 11.8 Å². The molecule has 6 heteroatoms. The predicted octanol–water partition coefficient (Wildman–Crippen LogP) is 2.04. The van der Waals surface area contributed by atoms with Crippen molar-refractivity contribution in [3.63, 3.8) is 0 Å². The highest BCUT2D eigenvalue weighted by atomic mass is 16.5. The van der Waals surface area contributed by atoms with E-state index in [2.05, 4.69) is 15.3 Å². The Morgan fingerprint density at radius 1 is 1.15 bits per heavy atom. The van der Waals surface area contributed by atoms with Crippen LogP contribution >= 0.6 is 0 Å². The van der Waals surface area contributed by atoms with E-state index in [1.54, 1.807) is 7.11 Å². The summed E-state index contributed by atoms with van der Waals surface area (Å²) in [6.45, 7) is 7.35. The topological polar surface area (TPSA) is 65.5 Å². The number of rotatable bonds is 11. The minimum absolute atomic E-state index is 0.606. The first-order valence-electron chi connectivity index (χ1n) is 7.05. The van der Waals surface area contributed by atoms with Crippen molar-refractivity contribution in [3.05, 3.63) is 11.8 Å². The molecule has 0 fully saturated rings. The van der Waals surface area contributed by atoms with Gasteiger partial charge in [0.1, 0.15) is 0 Å². The Morgan fingerprint density at radius 3 is 2.75 bits per heavy atom. The lowest BCUT2D eigenvalue weighted by atomic mass is 10.3. The van der Waals surface area contributed by atoms with Gasteiger partial charge in [0.15, 0.2) is 0 Å². The molecule has 0 aliphatic carbocycles. The summed E-state index contributed by atoms with van der Waals surface area (Å²) >= 11 is 0. The average molecular weight is 283 g/mol. The van der Waals surface area contributed by atoms with Crippen molar-refractivity contribution in [3.8, 4) is 5.88 Å². The number of nitrogens with zero attached hydrogens (tertiary/aromatic N) is 2. The molecule has 0 saturated carbocycles. The molecule has 0 radical (unpaired) electrons. The van der Waals surface area contributed by atoms with Crippen LogP contribution in [-0.4, -0.2) is 50.1 Å². The van der Waals surface area contributed by atoms with E-state index < -0.39 is 0 Å². The van der Waals surface area contributed by atoms with E-state index in [0.717, 1.165) is 31.7 Å². The van der Waals surface area contributed by atoms with Gasteiger partial charge < -0.3 is 19.5 Å². The summed E-state index contributed by atoms with van der Waals surface area (Å²) in [5.74, 6) is 1.24. The van der Waals surface area contributed by atoms with Crippen LogP contribution in [0.25, 0.3) is 0 Å². The van der Waals surface area contributed by atoms with Crippen molar-refractivity contribution in [1.82, 2.24) is 9.97 Å². The molecule has 1 aromatic rings. The van der Waals surface area contributed by atoms with Crippen molar-refractivity contribution in [2.45, 2.75) is 26.7 Å². The standard InChI is InChI=1S/C14H25N3O3/c1-4-20-13-11-12(2)16-14(17-13)15-7-5-6-8-19-10-9-18-3/h11H,4-10H2,1-3H3,(H,15,16,17). The number of methoxy groups -OCH3 is 1. The Morgan fingerprint density at radius 2 is 2.00 bits per heavy atom. The van der Waals surface area contributed by atoms with Crippen LogP contribution in [0.1, 0.15) is 25.5 Å². The molecule has 0 aromatic carbocycles. The average Bonchev–Trinajstić information content (AvgIpc) is 2.41. The highest BCUT2D eigenvalue weighted by Crippen LogP contribution is 2.11. The largest absolute Gasteiger partial charge is 0.478 e. The molecule has 0 aliphatic rings. The lowest BCUT2D eigenvalue weighted by Gasteiger charge is -2.08. The first-order valence-corrected chi connectivity index (χ1v) is 7.05. The number of anilines is 1. The molecule has 0 atom stereocenters. The zero-order valence-electron chi connectivity index (χ0n) is 12.6. The Hall–Kier alpha value is -1.40. The van der Waals surface area contributed by atoms with Crippen LogP contribution in [0.5, 0.6) is 5.88 Å². The normalized spacial score (nSPS) is 10.6. The second kappa shape index (κ2) is 10.4. The zero-order valence-corrected chi connectivity index (χ0v) is 12.6. The molecular weight excluding hydrogens is 258 g/mol. The minimum Gasteiger partial charge on any atom is -0.478 e. The lowest BCUT2D eigenvalue weighted by Crippen LogP contribution is -2.09. The fourth-order valence-corrected chi connectivity index (χ4v) is 1.61. The SMILES string of the molecule is CCOc1cc(C)nc(NCCCCOCCOC)n1. The number of unbranched alkanes of at least 4 members (excludes halogenated alkanes) is 1. The van der Waals surface area contributed by atoms with Gasteiger partial charge in [0.25, 0.3) is 0 Å². The van der Waals surface area contributed by atoms with E-state index in [1.165, 1.54) is 0 Å². The molecule has 1 aromatic heterocycles. The van der Waals surface area contributed by atoms with Crippen LogP contribution in [0.4, 0.5) is 5.95 Å². The van der Waals surface area contributed by atoms with Gasteiger partial charge in [-0.15, -0.1) is 0 Å². The van der Waals surface area contributed by atoms with Crippen molar-refractivity contribution in [2.24, 2.45) is 0 Å². The first kappa shape index (κ1) is 16.7. The third-order valence-corrected chi connectivity index (χ3v) is 2.55. The Labute approximate surface area is 120 Å². The summed E-state index contributed by atoms with van der Waals surface area (Å²) in [5, 5.41) is 3.20. The van der Waals surface area contributed by atoms with Crippen LogP contribution < -0.4 is 10.1 Å². The highest BCUT2D eigenvalue weighted by molar-refractivity contribution is 5.30. The molecule has 0 amide bonds. The van der Waals surface area contributed by atoms with Gasteiger partial charge in [-0.3, -0.25) is 0 Å².